The van der Waals surface area contributed by atoms with Crippen LogP contribution < -0.4 is 40.5 Å². The number of amides is 6. The third kappa shape index (κ3) is 19.1. The van der Waals surface area contributed by atoms with Crippen molar-refractivity contribution < 1.29 is 47.0 Å². The van der Waals surface area contributed by atoms with E-state index in [-0.39, 0.29) is 85.5 Å². The number of piperidine rings is 2. The Morgan fingerprint density at radius 1 is 0.692 bits per heavy atom. The zero-order valence-electron chi connectivity index (χ0n) is 61.9. The van der Waals surface area contributed by atoms with Crippen LogP contribution >= 0.6 is 23.2 Å². The summed E-state index contributed by atoms with van der Waals surface area (Å²) >= 11 is 12.8. The summed E-state index contributed by atoms with van der Waals surface area (Å²) in [6, 6.07) is 31.0. The first-order chi connectivity index (χ1) is 51.5. The Balaban J connectivity index is 0.502. The second-order valence-corrected chi connectivity index (χ2v) is 31.7. The van der Waals surface area contributed by atoms with Crippen LogP contribution in [0.15, 0.2) is 121 Å². The van der Waals surface area contributed by atoms with Crippen molar-refractivity contribution in [3.8, 4) is 11.5 Å². The van der Waals surface area contributed by atoms with Crippen LogP contribution in [-0.2, 0) is 43.5 Å². The number of likely N-dealkylation sites (tertiary alicyclic amines) is 3. The Morgan fingerprint density at radius 3 is 2.10 bits per heavy atom. The van der Waals surface area contributed by atoms with Crippen LogP contribution in [0.4, 0.5) is 30.9 Å². The summed E-state index contributed by atoms with van der Waals surface area (Å²) in [5, 5.41) is 13.8. The Bertz CT molecular complexity index is 4200. The summed E-state index contributed by atoms with van der Waals surface area (Å²) in [5.41, 5.74) is 4.49. The maximum atomic E-state index is 15.8. The number of hydrogen-bond acceptors (Lipinski definition) is 17. The molecular formula is C80H99Cl2F2N15O8. The topological polar surface area (TPSA) is 225 Å². The van der Waals surface area contributed by atoms with Crippen LogP contribution in [0, 0.1) is 22.5 Å². The standard InChI is InChI=1S/C80H99Cl2F2N15O8/c1-54(2)107-67-41-62(105-5)17-18-63(67)76-90-74(57-9-13-60(81)14-10-57)75(58-11-15-61(82)16-12-58)99(76)77(104)97-35-34-96(73(103)49-97)47-71(101)85-26-37-106-38-36-94-31-23-79(51-94)22-30-93(50-79)27-19-70(100)87-45-56-8-6-7-55(39-56)44-86-68-43-69(89-53-88-68)95-32-24-80(25-33-95)52-98(48-72(102)91-80)66-42-64(83)59(40-65(66)84)46-92-28-20-78(3,4)21-29-92/h6-18,39-43,53-54,74-75H,19-38,44-52H2,1-5H3,(H,85,101)(H,87,100)(H,91,102)(H,86,88,89)/t74-,75+,79+/m0/s1. The van der Waals surface area contributed by atoms with Crippen LogP contribution in [0.5, 0.6) is 11.5 Å². The molecule has 6 saturated heterocycles. The van der Waals surface area contributed by atoms with Gasteiger partial charge in [-0.3, -0.25) is 34.0 Å². The highest BCUT2D eigenvalue weighted by Gasteiger charge is 2.48. The highest BCUT2D eigenvalue weighted by atomic mass is 35.5. The number of nitrogens with zero attached hydrogens (tertiary/aromatic N) is 11. The summed E-state index contributed by atoms with van der Waals surface area (Å²) in [6.45, 7) is 19.1. The highest BCUT2D eigenvalue weighted by Crippen LogP contribution is 2.47. The normalized spacial score (nSPS) is 21.2. The summed E-state index contributed by atoms with van der Waals surface area (Å²) in [5.74, 6) is 0.977. The van der Waals surface area contributed by atoms with Crippen molar-refractivity contribution >= 4 is 76.0 Å². The molecule has 8 heterocycles. The monoisotopic (exact) mass is 1510 g/mol. The molecule has 23 nitrogen and oxygen atoms in total. The number of aromatic nitrogens is 2. The lowest BCUT2D eigenvalue weighted by Crippen LogP contribution is -2.66. The SMILES string of the molecule is COc1ccc(C2=N[C@@H](c3ccc(Cl)cc3)[C@@H](c3ccc(Cl)cc3)N2C(=O)N2CCN(CC(=O)NCCOCCN3CC[C@@]4(CCN(CCC(=O)NCc5cccc(CNc6cc(N7CCC8(CC7)CN(c7cc(F)c(CN9CCC(C)(C)CC9)cc7F)CC(=O)N8)ncn6)c5)C4)C3)C(=O)C2)c(OC(C)C)c1. The fraction of sp³-hybridized carbons (Fsp3) is 0.500. The number of rotatable bonds is 26. The maximum absolute atomic E-state index is 15.8. The molecule has 6 fully saturated rings. The number of ether oxygens (including phenoxy) is 3. The van der Waals surface area contributed by atoms with Gasteiger partial charge in [-0.2, -0.15) is 0 Å². The molecule has 6 amide bonds. The van der Waals surface area contributed by atoms with Crippen LogP contribution in [-0.4, -0.2) is 218 Å². The van der Waals surface area contributed by atoms with Crippen molar-refractivity contribution in [1.82, 2.24) is 55.3 Å². The molecule has 6 aromatic rings. The third-order valence-corrected chi connectivity index (χ3v) is 22.7. The second-order valence-electron chi connectivity index (χ2n) is 30.8. The zero-order chi connectivity index (χ0) is 75.0. The van der Waals surface area contributed by atoms with Gasteiger partial charge in [-0.15, -0.1) is 0 Å². The van der Waals surface area contributed by atoms with Gasteiger partial charge in [-0.05, 0) is 154 Å². The molecule has 13 rings (SSSR count). The van der Waals surface area contributed by atoms with Gasteiger partial charge < -0.3 is 64.9 Å². The summed E-state index contributed by atoms with van der Waals surface area (Å²) < 4.78 is 49.4. The number of carbonyl (C=O) groups excluding carboxylic acids is 5. The quantitative estimate of drug-likeness (QED) is 0.0371. The van der Waals surface area contributed by atoms with Crippen molar-refractivity contribution in [2.24, 2.45) is 15.8 Å². The van der Waals surface area contributed by atoms with Gasteiger partial charge in [0.2, 0.25) is 23.6 Å². The first-order valence-electron chi connectivity index (χ1n) is 37.5. The average Bonchev–Trinajstić information content (AvgIpc) is 1.67. The minimum Gasteiger partial charge on any atom is -0.497 e. The maximum Gasteiger partial charge on any atom is 0.326 e. The van der Waals surface area contributed by atoms with Gasteiger partial charge in [0.05, 0.1) is 62.3 Å². The fourth-order valence-corrected chi connectivity index (χ4v) is 16.3. The number of hydrogen-bond donors (Lipinski definition) is 4. The molecule has 107 heavy (non-hydrogen) atoms. The molecule has 0 unspecified atom stereocenters. The first kappa shape index (κ1) is 76.5. The van der Waals surface area contributed by atoms with E-state index >= 15 is 13.6 Å². The largest absolute Gasteiger partial charge is 0.497 e. The lowest BCUT2D eigenvalue weighted by atomic mass is 9.82. The molecule has 0 radical (unpaired) electrons. The van der Waals surface area contributed by atoms with E-state index in [1.807, 2.05) is 68.4 Å². The van der Waals surface area contributed by atoms with Gasteiger partial charge in [-0.1, -0.05) is 85.6 Å². The van der Waals surface area contributed by atoms with Crippen molar-refractivity contribution in [2.45, 2.75) is 116 Å². The molecule has 1 aromatic heterocycles. The van der Waals surface area contributed by atoms with E-state index in [9.17, 15) is 19.2 Å². The third-order valence-electron chi connectivity index (χ3n) is 22.2. The molecule has 5 aromatic carbocycles. The second kappa shape index (κ2) is 33.8. The van der Waals surface area contributed by atoms with Crippen molar-refractivity contribution in [2.75, 3.05) is 147 Å². The Kier molecular flexibility index (Phi) is 24.2. The number of halogens is 4. The van der Waals surface area contributed by atoms with E-state index in [0.717, 1.165) is 99.6 Å². The number of anilines is 3. The summed E-state index contributed by atoms with van der Waals surface area (Å²) in [7, 11) is 1.57. The molecular weight excluding hydrogens is 1410 g/mol. The van der Waals surface area contributed by atoms with Gasteiger partial charge in [0.15, 0.2) is 0 Å². The van der Waals surface area contributed by atoms with Gasteiger partial charge in [0, 0.05) is 125 Å². The van der Waals surface area contributed by atoms with Crippen molar-refractivity contribution in [3.05, 3.63) is 171 Å². The molecule has 4 N–H and O–H groups in total. The molecule has 3 atom stereocenters. The molecule has 7 aliphatic heterocycles. The van der Waals surface area contributed by atoms with Gasteiger partial charge in [-0.25, -0.2) is 23.5 Å². The van der Waals surface area contributed by atoms with Gasteiger partial charge in [0.25, 0.3) is 0 Å². The molecule has 2 spiro atoms. The Labute approximate surface area is 635 Å². The van der Waals surface area contributed by atoms with E-state index in [4.69, 9.17) is 42.4 Å². The summed E-state index contributed by atoms with van der Waals surface area (Å²) in [6.07, 6.45) is 7.12. The minimum atomic E-state index is -0.657. The van der Waals surface area contributed by atoms with Crippen molar-refractivity contribution in [3.63, 3.8) is 0 Å². The molecule has 0 aliphatic carbocycles. The van der Waals surface area contributed by atoms with Crippen LogP contribution in [0.25, 0.3) is 0 Å². The molecule has 570 valence electrons. The molecule has 27 heteroatoms. The molecule has 0 saturated carbocycles. The van der Waals surface area contributed by atoms with E-state index in [0.29, 0.717) is 123 Å². The lowest BCUT2D eigenvalue weighted by Gasteiger charge is -2.48. The number of carbonyl (C=O) groups is 5. The number of methoxy groups -OCH3 is 1. The molecule has 0 bridgehead atoms. The number of amidine groups is 1. The minimum absolute atomic E-state index is 0.00847. The predicted molar refractivity (Wildman–Crippen MR) is 409 cm³/mol. The highest BCUT2D eigenvalue weighted by molar-refractivity contribution is 6.30. The lowest BCUT2D eigenvalue weighted by molar-refractivity contribution is -0.139. The smallest absolute Gasteiger partial charge is 0.326 e. The van der Waals surface area contributed by atoms with E-state index in [1.54, 1.807) is 53.3 Å². The number of benzene rings is 5. The van der Waals surface area contributed by atoms with Crippen LogP contribution in [0.3, 0.4) is 0 Å². The number of urea groups is 1. The van der Waals surface area contributed by atoms with Gasteiger partial charge >= 0.3 is 6.03 Å². The van der Waals surface area contributed by atoms with Gasteiger partial charge in [0.1, 0.15) is 59.5 Å². The fourth-order valence-electron chi connectivity index (χ4n) is 16.1. The van der Waals surface area contributed by atoms with Crippen LogP contribution in [0.2, 0.25) is 10.0 Å². The molecule has 7 aliphatic rings. The first-order valence-corrected chi connectivity index (χ1v) is 38.3. The number of aliphatic imine (C=N–C) groups is 1. The number of piperazine rings is 2. The van der Waals surface area contributed by atoms with Crippen LogP contribution in [0.1, 0.15) is 118 Å². The van der Waals surface area contributed by atoms with Crippen molar-refractivity contribution in [1.29, 1.82) is 0 Å². The zero-order valence-corrected chi connectivity index (χ0v) is 63.4. The van der Waals surface area contributed by atoms with E-state index in [2.05, 4.69) is 70.7 Å². The number of nitrogens with one attached hydrogen (secondary N) is 4. The van der Waals surface area contributed by atoms with E-state index in [1.165, 1.54) is 28.3 Å². The Morgan fingerprint density at radius 2 is 1.39 bits per heavy atom. The predicted octanol–water partition coefficient (Wildman–Crippen LogP) is 10.1. The Hall–Kier alpha value is -8.72. The summed E-state index contributed by atoms with van der Waals surface area (Å²) in [4.78, 5) is 98.7. The average molecular weight is 1510 g/mol. The van der Waals surface area contributed by atoms with E-state index < -0.39 is 35.3 Å².